The molecule has 0 spiro atoms. The number of carbonyl (C=O) groups excluding carboxylic acids is 2. The number of amides is 1. The molecule has 0 radical (unpaired) electrons. The van der Waals surface area contributed by atoms with Crippen LogP contribution < -0.4 is 11.1 Å². The number of carbonyl (C=O) groups is 2. The topological polar surface area (TPSA) is 81.4 Å². The highest BCUT2D eigenvalue weighted by Gasteiger charge is 2.09. The van der Waals surface area contributed by atoms with Crippen LogP contribution in [0, 0.1) is 5.92 Å². The second kappa shape index (κ2) is 6.42. The zero-order valence-corrected chi connectivity index (χ0v) is 8.00. The lowest BCUT2D eigenvalue weighted by Gasteiger charge is -2.10. The number of nitrogens with two attached hydrogens (primary N) is 1. The molecule has 1 amide bonds. The number of hydrogen-bond donors (Lipinski definition) is 2. The van der Waals surface area contributed by atoms with Gasteiger partial charge in [-0.1, -0.05) is 6.92 Å². The molecule has 0 aromatic heterocycles. The van der Waals surface area contributed by atoms with E-state index in [1.165, 1.54) is 7.11 Å². The van der Waals surface area contributed by atoms with Gasteiger partial charge in [-0.05, 0) is 5.92 Å². The molecular weight excluding hydrogens is 172 g/mol. The Morgan fingerprint density at radius 1 is 1.54 bits per heavy atom. The average Bonchev–Trinajstić information content (AvgIpc) is 2.13. The second-order valence-electron chi connectivity index (χ2n) is 2.89. The molecule has 0 fully saturated rings. The van der Waals surface area contributed by atoms with E-state index in [1.807, 2.05) is 6.92 Å². The van der Waals surface area contributed by atoms with E-state index in [9.17, 15) is 9.59 Å². The lowest BCUT2D eigenvalue weighted by molar-refractivity contribution is -0.141. The smallest absolute Gasteiger partial charge is 0.305 e. The minimum atomic E-state index is -0.269. The molecule has 0 bridgehead atoms. The van der Waals surface area contributed by atoms with Gasteiger partial charge in [-0.15, -0.1) is 0 Å². The molecular formula is C8H16N2O3. The number of esters is 1. The molecule has 5 nitrogen and oxygen atoms in total. The van der Waals surface area contributed by atoms with E-state index in [4.69, 9.17) is 5.73 Å². The predicted octanol–water partition coefficient (Wildman–Crippen LogP) is -0.739. The van der Waals surface area contributed by atoms with E-state index in [0.717, 1.165) is 0 Å². The van der Waals surface area contributed by atoms with E-state index in [0.29, 0.717) is 13.0 Å². The van der Waals surface area contributed by atoms with Crippen molar-refractivity contribution >= 4 is 11.9 Å². The predicted molar refractivity (Wildman–Crippen MR) is 47.9 cm³/mol. The fourth-order valence-corrected chi connectivity index (χ4v) is 0.800. The molecule has 13 heavy (non-hydrogen) atoms. The van der Waals surface area contributed by atoms with Crippen molar-refractivity contribution in [3.63, 3.8) is 0 Å². The summed E-state index contributed by atoms with van der Waals surface area (Å²) in [6, 6.07) is 0. The van der Waals surface area contributed by atoms with Gasteiger partial charge >= 0.3 is 5.97 Å². The molecule has 5 heteroatoms. The Hall–Kier alpha value is -1.10. The van der Waals surface area contributed by atoms with Crippen molar-refractivity contribution in [1.82, 2.24) is 5.32 Å². The molecule has 0 aromatic rings. The Morgan fingerprint density at radius 3 is 2.62 bits per heavy atom. The molecule has 0 aromatic carbocycles. The maximum absolute atomic E-state index is 10.8. The van der Waals surface area contributed by atoms with Crippen LogP contribution in [0.2, 0.25) is 0 Å². The highest BCUT2D eigenvalue weighted by molar-refractivity contribution is 5.77. The Balaban J connectivity index is 3.56. The summed E-state index contributed by atoms with van der Waals surface area (Å²) >= 11 is 0. The van der Waals surface area contributed by atoms with Gasteiger partial charge in [-0.2, -0.15) is 0 Å². The van der Waals surface area contributed by atoms with Crippen LogP contribution in [0.5, 0.6) is 0 Å². The summed E-state index contributed by atoms with van der Waals surface area (Å²) in [5.74, 6) is -0.408. The van der Waals surface area contributed by atoms with Gasteiger partial charge in [0.1, 0.15) is 0 Å². The zero-order valence-electron chi connectivity index (χ0n) is 8.00. The number of hydrogen-bond acceptors (Lipinski definition) is 4. The minimum absolute atomic E-state index is 0.0229. The summed E-state index contributed by atoms with van der Waals surface area (Å²) in [5, 5.41) is 2.59. The van der Waals surface area contributed by atoms with Crippen LogP contribution in [-0.2, 0) is 14.3 Å². The first-order valence-electron chi connectivity index (χ1n) is 4.13. The first kappa shape index (κ1) is 11.9. The summed E-state index contributed by atoms with van der Waals surface area (Å²) in [6.07, 6.45) is 0.307. The summed E-state index contributed by atoms with van der Waals surface area (Å²) < 4.78 is 4.48. The quantitative estimate of drug-likeness (QED) is 0.557. The second-order valence-corrected chi connectivity index (χ2v) is 2.89. The molecule has 0 aliphatic rings. The first-order chi connectivity index (χ1) is 6.10. The molecule has 76 valence electrons. The zero-order chi connectivity index (χ0) is 10.3. The number of methoxy groups -OCH3 is 1. The Morgan fingerprint density at radius 2 is 2.15 bits per heavy atom. The molecule has 0 unspecified atom stereocenters. The minimum Gasteiger partial charge on any atom is -0.469 e. The average molecular weight is 188 g/mol. The Labute approximate surface area is 77.6 Å². The Bertz CT molecular complexity index is 182. The highest BCUT2D eigenvalue weighted by Crippen LogP contribution is 2.00. The largest absolute Gasteiger partial charge is 0.469 e. The summed E-state index contributed by atoms with van der Waals surface area (Å²) in [4.78, 5) is 21.5. The molecule has 1 atom stereocenters. The molecule has 3 N–H and O–H groups in total. The van der Waals surface area contributed by atoms with Crippen molar-refractivity contribution in [2.24, 2.45) is 11.7 Å². The van der Waals surface area contributed by atoms with Crippen molar-refractivity contribution in [3.05, 3.63) is 0 Å². The maximum Gasteiger partial charge on any atom is 0.305 e. The summed E-state index contributed by atoms with van der Waals surface area (Å²) in [5.41, 5.74) is 5.08. The number of rotatable bonds is 5. The molecule has 0 aliphatic carbocycles. The van der Waals surface area contributed by atoms with Gasteiger partial charge in [0.05, 0.1) is 13.7 Å². The van der Waals surface area contributed by atoms with Gasteiger partial charge in [0.25, 0.3) is 0 Å². The Kier molecular flexibility index (Phi) is 5.88. The van der Waals surface area contributed by atoms with Crippen molar-refractivity contribution in [1.29, 1.82) is 0 Å². The lowest BCUT2D eigenvalue weighted by atomic mass is 10.1. The van der Waals surface area contributed by atoms with Crippen LogP contribution in [0.4, 0.5) is 0 Å². The molecule has 0 aliphatic heterocycles. The molecule has 0 saturated heterocycles. The summed E-state index contributed by atoms with van der Waals surface area (Å²) in [6.45, 7) is 2.28. The van der Waals surface area contributed by atoms with E-state index < -0.39 is 0 Å². The normalized spacial score (nSPS) is 11.9. The van der Waals surface area contributed by atoms with Crippen LogP contribution >= 0.6 is 0 Å². The van der Waals surface area contributed by atoms with Crippen molar-refractivity contribution < 1.29 is 14.3 Å². The summed E-state index contributed by atoms with van der Waals surface area (Å²) in [7, 11) is 1.34. The molecule has 0 rings (SSSR count). The van der Waals surface area contributed by atoms with Crippen LogP contribution in [0.1, 0.15) is 13.3 Å². The van der Waals surface area contributed by atoms with Gasteiger partial charge in [-0.25, -0.2) is 0 Å². The lowest BCUT2D eigenvalue weighted by Crippen LogP contribution is -2.34. The van der Waals surface area contributed by atoms with E-state index in [-0.39, 0.29) is 24.3 Å². The maximum atomic E-state index is 10.8. The van der Waals surface area contributed by atoms with Crippen LogP contribution in [-0.4, -0.2) is 32.1 Å². The SMILES string of the molecule is COC(=O)C[C@@H](C)CNC(=O)CN. The van der Waals surface area contributed by atoms with Crippen LogP contribution in [0.25, 0.3) is 0 Å². The van der Waals surface area contributed by atoms with Gasteiger partial charge in [0.2, 0.25) is 5.91 Å². The number of nitrogens with one attached hydrogen (secondary N) is 1. The molecule has 0 saturated carbocycles. The van der Waals surface area contributed by atoms with Crippen molar-refractivity contribution in [2.45, 2.75) is 13.3 Å². The van der Waals surface area contributed by atoms with Gasteiger partial charge in [-0.3, -0.25) is 9.59 Å². The van der Waals surface area contributed by atoms with Crippen molar-refractivity contribution in [2.75, 3.05) is 20.2 Å². The fraction of sp³-hybridized carbons (Fsp3) is 0.750. The van der Waals surface area contributed by atoms with E-state index in [1.54, 1.807) is 0 Å². The highest BCUT2D eigenvalue weighted by atomic mass is 16.5. The number of ether oxygens (including phenoxy) is 1. The van der Waals surface area contributed by atoms with Gasteiger partial charge < -0.3 is 15.8 Å². The van der Waals surface area contributed by atoms with Crippen LogP contribution in [0.3, 0.4) is 0 Å². The van der Waals surface area contributed by atoms with E-state index in [2.05, 4.69) is 10.1 Å². The van der Waals surface area contributed by atoms with Gasteiger partial charge in [0.15, 0.2) is 0 Å². The standard InChI is InChI=1S/C8H16N2O3/c1-6(3-8(12)13-2)5-10-7(11)4-9/h6H,3-5,9H2,1-2H3,(H,10,11)/t6-/m1/s1. The molecule has 0 heterocycles. The third kappa shape index (κ3) is 6.10. The third-order valence-electron chi connectivity index (χ3n) is 1.58. The fourth-order valence-electron chi connectivity index (χ4n) is 0.800. The first-order valence-corrected chi connectivity index (χ1v) is 4.13. The third-order valence-corrected chi connectivity index (χ3v) is 1.58. The van der Waals surface area contributed by atoms with Crippen molar-refractivity contribution in [3.8, 4) is 0 Å². The van der Waals surface area contributed by atoms with Gasteiger partial charge in [0, 0.05) is 13.0 Å². The van der Waals surface area contributed by atoms with Crippen LogP contribution in [0.15, 0.2) is 0 Å². The monoisotopic (exact) mass is 188 g/mol. The van der Waals surface area contributed by atoms with E-state index >= 15 is 0 Å².